The van der Waals surface area contributed by atoms with E-state index in [0.717, 1.165) is 16.7 Å². The van der Waals surface area contributed by atoms with Crippen molar-refractivity contribution >= 4 is 17.7 Å². The number of benzene rings is 3. The summed E-state index contributed by atoms with van der Waals surface area (Å²) in [5.41, 5.74) is 9.61. The summed E-state index contributed by atoms with van der Waals surface area (Å²) in [5, 5.41) is 8.66. The molecule has 5 N–H and O–H groups in total. The molecule has 216 valence electrons. The highest BCUT2D eigenvalue weighted by Crippen LogP contribution is 2.11. The Bertz CT molecular complexity index is 1450. The Hall–Kier alpha value is -5.02. The van der Waals surface area contributed by atoms with Crippen LogP contribution in [0.25, 0.3) is 0 Å². The van der Waals surface area contributed by atoms with Gasteiger partial charge >= 0.3 is 0 Å². The normalized spacial score (nSPS) is 12.0. The average Bonchev–Trinajstić information content (AvgIpc) is 3.04. The number of nitrogens with one attached hydrogen (secondary N) is 3. The molecule has 0 fully saturated rings. The van der Waals surface area contributed by atoms with Crippen LogP contribution in [0.5, 0.6) is 5.88 Å². The van der Waals surface area contributed by atoms with E-state index in [1.165, 1.54) is 7.11 Å². The van der Waals surface area contributed by atoms with Gasteiger partial charge in [-0.1, -0.05) is 78.9 Å². The van der Waals surface area contributed by atoms with Gasteiger partial charge in [-0.3, -0.25) is 14.4 Å². The van der Waals surface area contributed by atoms with Crippen LogP contribution in [0.15, 0.2) is 103 Å². The first-order valence-electron chi connectivity index (χ1n) is 13.7. The summed E-state index contributed by atoms with van der Waals surface area (Å²) in [4.78, 5) is 44.4. The van der Waals surface area contributed by atoms with E-state index in [1.807, 2.05) is 60.7 Å². The average molecular weight is 566 g/mol. The maximum atomic E-state index is 13.7. The fourth-order valence-electron chi connectivity index (χ4n) is 4.37. The van der Waals surface area contributed by atoms with Gasteiger partial charge in [-0.05, 0) is 34.4 Å². The molecule has 0 aliphatic carbocycles. The third-order valence-corrected chi connectivity index (χ3v) is 6.75. The van der Waals surface area contributed by atoms with Crippen molar-refractivity contribution in [2.75, 3.05) is 7.11 Å². The zero-order chi connectivity index (χ0) is 29.7. The second-order valence-corrected chi connectivity index (χ2v) is 9.79. The van der Waals surface area contributed by atoms with Gasteiger partial charge in [0.05, 0.1) is 7.11 Å². The largest absolute Gasteiger partial charge is 0.481 e. The summed E-state index contributed by atoms with van der Waals surface area (Å²) < 4.78 is 5.14. The maximum Gasteiger partial charge on any atom is 0.251 e. The summed E-state index contributed by atoms with van der Waals surface area (Å²) in [7, 11) is 1.52. The molecule has 0 saturated carbocycles. The summed E-state index contributed by atoms with van der Waals surface area (Å²) in [6, 6.07) is 27.4. The molecule has 0 bridgehead atoms. The summed E-state index contributed by atoms with van der Waals surface area (Å²) >= 11 is 0. The van der Waals surface area contributed by atoms with Crippen LogP contribution in [0.4, 0.5) is 0 Å². The lowest BCUT2D eigenvalue weighted by molar-refractivity contribution is -0.130. The van der Waals surface area contributed by atoms with Gasteiger partial charge in [0.1, 0.15) is 12.1 Å². The smallest absolute Gasteiger partial charge is 0.251 e. The molecule has 4 rings (SSSR count). The molecule has 2 atom stereocenters. The van der Waals surface area contributed by atoms with E-state index in [2.05, 4.69) is 20.9 Å². The molecule has 9 nitrogen and oxygen atoms in total. The number of nitrogens with zero attached hydrogens (tertiary/aromatic N) is 1. The monoisotopic (exact) mass is 565 g/mol. The molecule has 1 heterocycles. The molecule has 0 unspecified atom stereocenters. The highest BCUT2D eigenvalue weighted by molar-refractivity contribution is 5.98. The Morgan fingerprint density at radius 1 is 0.714 bits per heavy atom. The summed E-state index contributed by atoms with van der Waals surface area (Å²) in [6.45, 7) is 0.725. The summed E-state index contributed by atoms with van der Waals surface area (Å²) in [6.07, 6.45) is 2.03. The van der Waals surface area contributed by atoms with Gasteiger partial charge in [-0.2, -0.15) is 0 Å². The lowest BCUT2D eigenvalue weighted by Crippen LogP contribution is -2.55. The quantitative estimate of drug-likeness (QED) is 0.197. The fraction of sp³-hybridized carbons (Fsp3) is 0.212. The summed E-state index contributed by atoms with van der Waals surface area (Å²) in [5.74, 6) is -0.791. The second kappa shape index (κ2) is 15.1. The number of rotatable bonds is 13. The molecule has 42 heavy (non-hydrogen) atoms. The van der Waals surface area contributed by atoms with E-state index < -0.39 is 23.9 Å². The van der Waals surface area contributed by atoms with Crippen molar-refractivity contribution in [2.24, 2.45) is 5.73 Å². The van der Waals surface area contributed by atoms with Gasteiger partial charge < -0.3 is 26.4 Å². The standard InChI is InChI=1S/C33H35N5O4/c1-42-30-17-16-26(22-35-30)19-29(37-31(39)27-10-6-3-7-11-27)33(41)38-28(18-23-8-4-2-5-9-23)32(40)36-21-25-14-12-24(20-34)13-15-25/h2-17,22,28-29H,18-21,34H2,1H3,(H,36,40)(H,37,39)(H,38,41)/t28-,29+/m0/s1. The number of hydrogen-bond donors (Lipinski definition) is 4. The Morgan fingerprint density at radius 3 is 1.93 bits per heavy atom. The third kappa shape index (κ3) is 8.74. The first-order chi connectivity index (χ1) is 20.4. The molecule has 4 aromatic rings. The number of aromatic nitrogens is 1. The predicted molar refractivity (Wildman–Crippen MR) is 160 cm³/mol. The van der Waals surface area contributed by atoms with Crippen molar-refractivity contribution < 1.29 is 19.1 Å². The van der Waals surface area contributed by atoms with Gasteiger partial charge in [-0.15, -0.1) is 0 Å². The van der Waals surface area contributed by atoms with E-state index in [-0.39, 0.29) is 25.3 Å². The zero-order valence-corrected chi connectivity index (χ0v) is 23.5. The van der Waals surface area contributed by atoms with Gasteiger partial charge in [-0.25, -0.2) is 4.98 Å². The van der Waals surface area contributed by atoms with Crippen LogP contribution in [0.2, 0.25) is 0 Å². The Labute approximate surface area is 245 Å². The molecule has 0 radical (unpaired) electrons. The molecule has 3 amide bonds. The number of methoxy groups -OCH3 is 1. The van der Waals surface area contributed by atoms with Crippen LogP contribution in [0, 0.1) is 0 Å². The van der Waals surface area contributed by atoms with Crippen molar-refractivity contribution in [1.82, 2.24) is 20.9 Å². The molecular weight excluding hydrogens is 530 g/mol. The minimum atomic E-state index is -0.970. The highest BCUT2D eigenvalue weighted by atomic mass is 16.5. The van der Waals surface area contributed by atoms with Crippen LogP contribution in [-0.2, 0) is 35.5 Å². The number of hydrogen-bond acceptors (Lipinski definition) is 6. The number of nitrogens with two attached hydrogens (primary N) is 1. The topological polar surface area (TPSA) is 135 Å². The lowest BCUT2D eigenvalue weighted by atomic mass is 10.0. The van der Waals surface area contributed by atoms with E-state index >= 15 is 0 Å². The van der Waals surface area contributed by atoms with E-state index in [9.17, 15) is 14.4 Å². The van der Waals surface area contributed by atoms with Crippen molar-refractivity contribution in [3.63, 3.8) is 0 Å². The Morgan fingerprint density at radius 2 is 1.31 bits per heavy atom. The molecular formula is C33H35N5O4. The Kier molecular flexibility index (Phi) is 10.8. The number of amides is 3. The van der Waals surface area contributed by atoms with Crippen LogP contribution in [0.3, 0.4) is 0 Å². The molecule has 9 heteroatoms. The predicted octanol–water partition coefficient (Wildman–Crippen LogP) is 2.93. The van der Waals surface area contributed by atoms with Gasteiger partial charge in [0.2, 0.25) is 17.7 Å². The van der Waals surface area contributed by atoms with E-state index in [0.29, 0.717) is 23.6 Å². The molecule has 0 spiro atoms. The number of pyridine rings is 1. The Balaban J connectivity index is 1.53. The van der Waals surface area contributed by atoms with Crippen molar-refractivity contribution in [2.45, 2.75) is 38.0 Å². The lowest BCUT2D eigenvalue weighted by Gasteiger charge is -2.24. The van der Waals surface area contributed by atoms with Gasteiger partial charge in [0, 0.05) is 43.8 Å². The van der Waals surface area contributed by atoms with Crippen LogP contribution in [-0.4, -0.2) is 41.9 Å². The van der Waals surface area contributed by atoms with Gasteiger partial charge in [0.15, 0.2) is 0 Å². The third-order valence-electron chi connectivity index (χ3n) is 6.75. The van der Waals surface area contributed by atoms with Crippen LogP contribution >= 0.6 is 0 Å². The molecule has 1 aromatic heterocycles. The minimum Gasteiger partial charge on any atom is -0.481 e. The van der Waals surface area contributed by atoms with E-state index in [4.69, 9.17) is 10.5 Å². The molecule has 0 aliphatic rings. The van der Waals surface area contributed by atoms with Crippen LogP contribution in [0.1, 0.15) is 32.6 Å². The highest BCUT2D eigenvalue weighted by Gasteiger charge is 2.28. The first kappa shape index (κ1) is 30.0. The van der Waals surface area contributed by atoms with Crippen molar-refractivity contribution in [3.8, 4) is 5.88 Å². The number of carbonyl (C=O) groups excluding carboxylic acids is 3. The first-order valence-corrected chi connectivity index (χ1v) is 13.7. The van der Waals surface area contributed by atoms with Crippen molar-refractivity contribution in [3.05, 3.63) is 131 Å². The van der Waals surface area contributed by atoms with Gasteiger partial charge in [0.25, 0.3) is 5.91 Å². The van der Waals surface area contributed by atoms with Crippen LogP contribution < -0.4 is 26.4 Å². The molecule has 3 aromatic carbocycles. The maximum absolute atomic E-state index is 13.7. The van der Waals surface area contributed by atoms with Crippen molar-refractivity contribution in [1.29, 1.82) is 0 Å². The second-order valence-electron chi connectivity index (χ2n) is 9.79. The molecule has 0 aliphatic heterocycles. The van der Waals surface area contributed by atoms with E-state index in [1.54, 1.807) is 42.6 Å². The fourth-order valence-corrected chi connectivity index (χ4v) is 4.37. The number of ether oxygens (including phenoxy) is 1. The minimum absolute atomic E-state index is 0.161. The SMILES string of the molecule is COc1ccc(C[C@@H](NC(=O)c2ccccc2)C(=O)N[C@@H](Cc2ccccc2)C(=O)NCc2ccc(CN)cc2)cn1. The number of carbonyl (C=O) groups is 3. The molecule has 0 saturated heterocycles. The zero-order valence-electron chi connectivity index (χ0n) is 23.5.